The van der Waals surface area contributed by atoms with E-state index in [0.717, 1.165) is 16.7 Å². The summed E-state index contributed by atoms with van der Waals surface area (Å²) in [5, 5.41) is 29.7. The van der Waals surface area contributed by atoms with Crippen LogP contribution in [0, 0.1) is 0 Å². The molecule has 1 aromatic carbocycles. The minimum atomic E-state index is -2.54. The summed E-state index contributed by atoms with van der Waals surface area (Å²) in [6.07, 6.45) is -1.47. The van der Waals surface area contributed by atoms with Crippen LogP contribution in [0.2, 0.25) is 0 Å². The van der Waals surface area contributed by atoms with Crippen LogP contribution in [0.5, 0.6) is 0 Å². The van der Waals surface area contributed by atoms with Crippen molar-refractivity contribution in [2.45, 2.75) is 77.0 Å². The van der Waals surface area contributed by atoms with Gasteiger partial charge >= 0.3 is 0 Å². The van der Waals surface area contributed by atoms with Crippen LogP contribution < -0.4 is 0 Å². The lowest BCUT2D eigenvalue weighted by atomic mass is 9.86. The van der Waals surface area contributed by atoms with E-state index in [0.29, 0.717) is 24.0 Å². The smallest absolute Gasteiger partial charge is 0.0811 e. The number of rotatable bonds is 8. The lowest BCUT2D eigenvalue weighted by molar-refractivity contribution is 0.0862. The van der Waals surface area contributed by atoms with Gasteiger partial charge in [-0.05, 0) is 66.7 Å². The number of benzene rings is 1. The summed E-state index contributed by atoms with van der Waals surface area (Å²) in [4.78, 5) is 0. The molecule has 148 valence electrons. The Balaban J connectivity index is 2.24. The highest BCUT2D eigenvalue weighted by molar-refractivity contribution is 5.68. The first-order chi connectivity index (χ1) is 15.3. The van der Waals surface area contributed by atoms with E-state index < -0.39 is 37.9 Å². The minimum Gasteiger partial charge on any atom is -0.393 e. The van der Waals surface area contributed by atoms with Crippen LogP contribution in [-0.4, -0.2) is 33.6 Å². The van der Waals surface area contributed by atoms with Crippen molar-refractivity contribution in [1.82, 2.24) is 0 Å². The standard InChI is InChI=1S/C24H34O3/c1-4-20(12-13-21-15-23(26)16-24(27)18(21)3)22-11-7-10-19(14-22)9-6-5-8-17(2)25/h7,10-14,17,23-27H,3-6,8-9,15-16H2,1-2H3/b20-12+,21-13-/t17?,23-,24+/m1/s1/i2D3,6D,9D2/t6?,17?,23-,24+. The first-order valence-electron chi connectivity index (χ1n) is 12.5. The Morgan fingerprint density at radius 2 is 2.26 bits per heavy atom. The predicted octanol–water partition coefficient (Wildman–Crippen LogP) is 4.57. The van der Waals surface area contributed by atoms with E-state index in [1.165, 1.54) is 0 Å². The van der Waals surface area contributed by atoms with E-state index in [1.807, 2.05) is 25.1 Å². The number of hydrogen-bond donors (Lipinski definition) is 3. The van der Waals surface area contributed by atoms with Gasteiger partial charge in [-0.2, -0.15) is 0 Å². The van der Waals surface area contributed by atoms with E-state index in [9.17, 15) is 15.3 Å². The molecule has 2 rings (SSSR count). The second kappa shape index (κ2) is 10.6. The molecule has 3 heteroatoms. The molecule has 0 aromatic heterocycles. The van der Waals surface area contributed by atoms with Crippen molar-refractivity contribution < 1.29 is 23.5 Å². The largest absolute Gasteiger partial charge is 0.393 e. The number of aliphatic hydroxyl groups is 3. The summed E-state index contributed by atoms with van der Waals surface area (Å²) >= 11 is 0. The second-order valence-corrected chi connectivity index (χ2v) is 6.89. The highest BCUT2D eigenvalue weighted by atomic mass is 16.3. The Labute approximate surface area is 172 Å². The van der Waals surface area contributed by atoms with Crippen LogP contribution >= 0.6 is 0 Å². The molecule has 1 saturated carbocycles. The average Bonchev–Trinajstić information content (AvgIpc) is 2.74. The lowest BCUT2D eigenvalue weighted by Gasteiger charge is -2.26. The van der Waals surface area contributed by atoms with Crippen molar-refractivity contribution in [3.05, 3.63) is 65.3 Å². The van der Waals surface area contributed by atoms with Crippen LogP contribution in [-0.2, 0) is 6.37 Å². The van der Waals surface area contributed by atoms with Gasteiger partial charge in [-0.25, -0.2) is 0 Å². The van der Waals surface area contributed by atoms with Gasteiger partial charge in [-0.3, -0.25) is 0 Å². The van der Waals surface area contributed by atoms with Crippen molar-refractivity contribution in [3.63, 3.8) is 0 Å². The zero-order valence-electron chi connectivity index (χ0n) is 21.9. The fraction of sp³-hybridized carbons (Fsp3) is 0.500. The van der Waals surface area contributed by atoms with E-state index in [-0.39, 0.29) is 19.3 Å². The summed E-state index contributed by atoms with van der Waals surface area (Å²) in [6.45, 7) is 3.34. The van der Waals surface area contributed by atoms with E-state index in [1.54, 1.807) is 18.2 Å². The van der Waals surface area contributed by atoms with Crippen LogP contribution in [0.1, 0.15) is 71.6 Å². The molecule has 1 aliphatic rings. The van der Waals surface area contributed by atoms with Gasteiger partial charge in [-0.1, -0.05) is 56.3 Å². The molecule has 3 N–H and O–H groups in total. The summed E-state index contributed by atoms with van der Waals surface area (Å²) in [5.41, 5.74) is 3.38. The molecule has 0 bridgehead atoms. The third-order valence-electron chi connectivity index (χ3n) is 4.72. The lowest BCUT2D eigenvalue weighted by Crippen LogP contribution is -2.26. The molecule has 0 saturated heterocycles. The van der Waals surface area contributed by atoms with Crippen molar-refractivity contribution in [2.75, 3.05) is 0 Å². The van der Waals surface area contributed by atoms with Crippen molar-refractivity contribution >= 4 is 5.57 Å². The van der Waals surface area contributed by atoms with Gasteiger partial charge in [0.25, 0.3) is 0 Å². The normalized spacial score (nSPS) is 29.1. The van der Waals surface area contributed by atoms with Gasteiger partial charge in [0, 0.05) is 14.6 Å². The van der Waals surface area contributed by atoms with Crippen LogP contribution in [0.25, 0.3) is 5.57 Å². The Kier molecular flexibility index (Phi) is 5.63. The number of aryl methyl sites for hydroxylation is 1. The highest BCUT2D eigenvalue weighted by Gasteiger charge is 2.24. The second-order valence-electron chi connectivity index (χ2n) is 6.89. The molecule has 27 heavy (non-hydrogen) atoms. The quantitative estimate of drug-likeness (QED) is 0.623. The van der Waals surface area contributed by atoms with Gasteiger partial charge in [0.1, 0.15) is 0 Å². The number of aliphatic hydroxyl groups excluding tert-OH is 3. The Bertz CT molecular complexity index is 890. The fourth-order valence-corrected chi connectivity index (χ4v) is 3.12. The maximum atomic E-state index is 10.0. The number of allylic oxidation sites excluding steroid dienone is 3. The van der Waals surface area contributed by atoms with Crippen LogP contribution in [0.3, 0.4) is 0 Å². The molecule has 0 spiro atoms. The zero-order valence-corrected chi connectivity index (χ0v) is 15.9. The molecular formula is C24H34O3. The summed E-state index contributed by atoms with van der Waals surface area (Å²) < 4.78 is 46.9. The molecule has 2 unspecified atom stereocenters. The summed E-state index contributed by atoms with van der Waals surface area (Å²) in [6, 6.07) is 6.86. The predicted molar refractivity (Wildman–Crippen MR) is 112 cm³/mol. The van der Waals surface area contributed by atoms with Crippen LogP contribution in [0.4, 0.5) is 0 Å². The van der Waals surface area contributed by atoms with Crippen LogP contribution in [0.15, 0.2) is 54.1 Å². The van der Waals surface area contributed by atoms with E-state index in [2.05, 4.69) is 6.58 Å². The van der Waals surface area contributed by atoms with Gasteiger partial charge in [-0.15, -0.1) is 0 Å². The van der Waals surface area contributed by atoms with E-state index in [4.69, 9.17) is 8.22 Å². The molecule has 4 atom stereocenters. The monoisotopic (exact) mass is 376 g/mol. The molecule has 0 heterocycles. The van der Waals surface area contributed by atoms with Gasteiger partial charge in [0.2, 0.25) is 0 Å². The third kappa shape index (κ3) is 6.76. The van der Waals surface area contributed by atoms with Crippen molar-refractivity contribution in [2.24, 2.45) is 0 Å². The highest BCUT2D eigenvalue weighted by Crippen LogP contribution is 2.29. The van der Waals surface area contributed by atoms with Gasteiger partial charge < -0.3 is 15.3 Å². The van der Waals surface area contributed by atoms with Crippen molar-refractivity contribution in [1.29, 1.82) is 0 Å². The molecule has 0 amide bonds. The van der Waals surface area contributed by atoms with Gasteiger partial charge in [0.05, 0.1) is 18.3 Å². The molecule has 1 fully saturated rings. The Morgan fingerprint density at radius 1 is 1.44 bits per heavy atom. The molecular weight excluding hydrogens is 336 g/mol. The summed E-state index contributed by atoms with van der Waals surface area (Å²) in [7, 11) is 0. The third-order valence-corrected chi connectivity index (χ3v) is 4.72. The Morgan fingerprint density at radius 3 is 3.00 bits per heavy atom. The minimum absolute atomic E-state index is 0.0912. The fourth-order valence-electron chi connectivity index (χ4n) is 3.12. The number of hydrogen-bond acceptors (Lipinski definition) is 3. The molecule has 0 aliphatic heterocycles. The maximum absolute atomic E-state index is 10.0. The molecule has 1 aromatic rings. The maximum Gasteiger partial charge on any atom is 0.0811 e. The van der Waals surface area contributed by atoms with E-state index >= 15 is 0 Å². The molecule has 0 radical (unpaired) electrons. The van der Waals surface area contributed by atoms with Gasteiger partial charge in [0.15, 0.2) is 0 Å². The topological polar surface area (TPSA) is 60.7 Å². The molecule has 1 aliphatic carbocycles. The SMILES string of the molecule is [2H]C(CCC(O)C([2H])([2H])[2H])C([2H])([2H])c1cccc(/C(=C/C=C2/C[C@@H](O)C[C@H](O)C2=C)CC)c1. The molecule has 3 nitrogen and oxygen atoms in total. The Hall–Kier alpha value is -1.68. The first kappa shape index (κ1) is 14.3. The first-order valence-corrected chi connectivity index (χ1v) is 9.43. The average molecular weight is 377 g/mol. The zero-order chi connectivity index (χ0) is 25.0. The summed E-state index contributed by atoms with van der Waals surface area (Å²) in [5.74, 6) is 0. The van der Waals surface area contributed by atoms with Crippen molar-refractivity contribution in [3.8, 4) is 0 Å².